The molecule has 5 nitrogen and oxygen atoms in total. The van der Waals surface area contributed by atoms with Gasteiger partial charge in [0.1, 0.15) is 5.58 Å². The molecule has 0 saturated heterocycles. The van der Waals surface area contributed by atoms with Crippen LogP contribution < -0.4 is 5.19 Å². The summed E-state index contributed by atoms with van der Waals surface area (Å²) in [6.07, 6.45) is 3.73. The summed E-state index contributed by atoms with van der Waals surface area (Å²) in [5.74, 6) is 0.782. The normalized spacial score (nSPS) is 11.7. The van der Waals surface area contributed by atoms with Gasteiger partial charge in [-0.2, -0.15) is 0 Å². The number of pyridine rings is 2. The molecule has 4 aromatic carbocycles. The van der Waals surface area contributed by atoms with Crippen molar-refractivity contribution in [3.8, 4) is 28.3 Å². The number of furan rings is 1. The van der Waals surface area contributed by atoms with Gasteiger partial charge in [-0.25, -0.2) is 4.98 Å². The molecule has 4 heterocycles. The van der Waals surface area contributed by atoms with E-state index in [0.717, 1.165) is 55.8 Å². The summed E-state index contributed by atoms with van der Waals surface area (Å²) in [6, 6.07) is 43.6. The number of aromatic nitrogens is 4. The third-order valence-electron chi connectivity index (χ3n) is 8.56. The SMILES string of the molecule is CC(C)(C)c1cnc2nc(-c3[c-]ccc4c3oc3cc([Si](C)(C)C)ccc34)n(-c3ccccc3)c2c1.[Ir].[c-]1ccccc1-c1ccccn1. The monoisotopic (exact) mass is 835 g/mol. The van der Waals surface area contributed by atoms with Crippen LogP contribution >= 0.6 is 0 Å². The van der Waals surface area contributed by atoms with Crippen LogP contribution in [0, 0.1) is 12.1 Å². The second-order valence-corrected chi connectivity index (χ2v) is 19.2. The van der Waals surface area contributed by atoms with Crippen LogP contribution in [0.2, 0.25) is 19.6 Å². The van der Waals surface area contributed by atoms with Crippen molar-refractivity contribution in [1.29, 1.82) is 0 Å². The molecule has 4 aromatic heterocycles. The molecule has 7 heteroatoms. The van der Waals surface area contributed by atoms with Crippen molar-refractivity contribution in [3.05, 3.63) is 139 Å². The Morgan fingerprint density at radius 1 is 0.755 bits per heavy atom. The maximum Gasteiger partial charge on any atom is 0.168 e. The summed E-state index contributed by atoms with van der Waals surface area (Å²) < 4.78 is 8.74. The summed E-state index contributed by atoms with van der Waals surface area (Å²) in [7, 11) is -1.47. The number of imidazole rings is 1. The third-order valence-corrected chi connectivity index (χ3v) is 10.6. The Morgan fingerprint density at radius 3 is 2.22 bits per heavy atom. The number of hydrogen-bond acceptors (Lipinski definition) is 4. The number of nitrogens with zero attached hydrogens (tertiary/aromatic N) is 4. The molecule has 0 unspecified atom stereocenters. The van der Waals surface area contributed by atoms with E-state index in [1.54, 1.807) is 6.20 Å². The Balaban J connectivity index is 0.000000270. The second-order valence-electron chi connectivity index (χ2n) is 14.1. The van der Waals surface area contributed by atoms with Crippen molar-refractivity contribution in [3.63, 3.8) is 0 Å². The Morgan fingerprint density at radius 2 is 1.53 bits per heavy atom. The molecule has 0 atom stereocenters. The van der Waals surface area contributed by atoms with Gasteiger partial charge < -0.3 is 14.0 Å². The number of hydrogen-bond donors (Lipinski definition) is 0. The van der Waals surface area contributed by atoms with Gasteiger partial charge in [-0.3, -0.25) is 4.98 Å². The Labute approximate surface area is 302 Å². The first-order valence-corrected chi connectivity index (χ1v) is 19.8. The molecular formula is C42H38IrN4OSi-2. The van der Waals surface area contributed by atoms with Gasteiger partial charge in [0.2, 0.25) is 0 Å². The fraction of sp³-hybridized carbons (Fsp3) is 0.167. The van der Waals surface area contributed by atoms with Crippen LogP contribution in [0.3, 0.4) is 0 Å². The van der Waals surface area contributed by atoms with E-state index in [1.165, 1.54) is 10.8 Å². The Hall–Kier alpha value is -4.68. The van der Waals surface area contributed by atoms with Crippen molar-refractivity contribution in [2.45, 2.75) is 45.8 Å². The minimum Gasteiger partial charge on any atom is -0.501 e. The summed E-state index contributed by atoms with van der Waals surface area (Å²) in [5.41, 5.74) is 8.45. The molecule has 0 aliphatic heterocycles. The number of fused-ring (bicyclic) bond motifs is 4. The van der Waals surface area contributed by atoms with Crippen LogP contribution in [0.5, 0.6) is 0 Å². The zero-order chi connectivity index (χ0) is 33.5. The number of para-hydroxylation sites is 1. The fourth-order valence-electron chi connectivity index (χ4n) is 5.83. The van der Waals surface area contributed by atoms with Crippen LogP contribution in [-0.2, 0) is 25.5 Å². The van der Waals surface area contributed by atoms with Crippen LogP contribution in [-0.4, -0.2) is 27.6 Å². The predicted molar refractivity (Wildman–Crippen MR) is 201 cm³/mol. The molecule has 0 N–H and O–H groups in total. The molecule has 0 fully saturated rings. The average molecular weight is 835 g/mol. The molecule has 0 bridgehead atoms. The topological polar surface area (TPSA) is 56.7 Å². The van der Waals surface area contributed by atoms with Gasteiger partial charge in [-0.15, -0.1) is 54.1 Å². The molecule has 247 valence electrons. The van der Waals surface area contributed by atoms with E-state index < -0.39 is 8.07 Å². The van der Waals surface area contributed by atoms with E-state index in [-0.39, 0.29) is 25.5 Å². The van der Waals surface area contributed by atoms with E-state index in [1.807, 2.05) is 60.8 Å². The Bertz CT molecular complexity index is 2320. The maximum absolute atomic E-state index is 6.56. The summed E-state index contributed by atoms with van der Waals surface area (Å²) in [6.45, 7) is 13.7. The molecule has 0 spiro atoms. The van der Waals surface area contributed by atoms with Gasteiger partial charge >= 0.3 is 0 Å². The van der Waals surface area contributed by atoms with Gasteiger partial charge in [0.05, 0.1) is 25.0 Å². The molecule has 8 aromatic rings. The van der Waals surface area contributed by atoms with Gasteiger partial charge in [-0.1, -0.05) is 99.0 Å². The van der Waals surface area contributed by atoms with Crippen LogP contribution in [0.25, 0.3) is 61.4 Å². The largest absolute Gasteiger partial charge is 0.501 e. The van der Waals surface area contributed by atoms with Gasteiger partial charge in [0.25, 0.3) is 0 Å². The first kappa shape index (κ1) is 34.2. The summed E-state index contributed by atoms with van der Waals surface area (Å²) in [4.78, 5) is 14.0. The maximum atomic E-state index is 6.56. The van der Waals surface area contributed by atoms with Gasteiger partial charge in [0.15, 0.2) is 5.65 Å². The molecule has 0 saturated carbocycles. The smallest absolute Gasteiger partial charge is 0.168 e. The minimum atomic E-state index is -1.47. The van der Waals surface area contributed by atoms with Crippen molar-refractivity contribution < 1.29 is 24.5 Å². The molecule has 8 rings (SSSR count). The van der Waals surface area contributed by atoms with Crippen molar-refractivity contribution in [2.75, 3.05) is 0 Å². The quantitative estimate of drug-likeness (QED) is 0.131. The fourth-order valence-corrected chi connectivity index (χ4v) is 6.97. The zero-order valence-electron chi connectivity index (χ0n) is 28.6. The second kappa shape index (κ2) is 13.7. The molecule has 1 radical (unpaired) electrons. The van der Waals surface area contributed by atoms with Crippen LogP contribution in [0.1, 0.15) is 26.3 Å². The number of benzene rings is 4. The molecular weight excluding hydrogens is 797 g/mol. The summed E-state index contributed by atoms with van der Waals surface area (Å²) in [5, 5.41) is 3.59. The first-order valence-electron chi connectivity index (χ1n) is 16.3. The third kappa shape index (κ3) is 6.93. The van der Waals surface area contributed by atoms with Crippen LogP contribution in [0.4, 0.5) is 0 Å². The van der Waals surface area contributed by atoms with E-state index in [9.17, 15) is 0 Å². The molecule has 0 aliphatic carbocycles. The van der Waals surface area contributed by atoms with Crippen molar-refractivity contribution in [1.82, 2.24) is 19.5 Å². The van der Waals surface area contributed by atoms with Crippen molar-refractivity contribution >= 4 is 46.4 Å². The standard InChI is InChI=1S/C31H30N3OSi.C11H8N.Ir/c1-31(2,3)20-17-26-29(32-19-20)33-30(34(26)21-11-8-7-9-12-21)25-14-10-13-24-23-16-15-22(36(4,5)6)18-27(23)35-28(24)25;1-2-6-10(7-3-1)11-8-4-5-9-12-11;/h7-13,15-19H,1-6H3;1-6,8-9H;/q2*-1;. The minimum absolute atomic E-state index is 0. The average Bonchev–Trinajstić information content (AvgIpc) is 3.67. The Kier molecular flexibility index (Phi) is 9.54. The zero-order valence-corrected chi connectivity index (χ0v) is 32.0. The van der Waals surface area contributed by atoms with E-state index in [4.69, 9.17) is 14.4 Å². The number of rotatable bonds is 4. The molecule has 0 amide bonds. The summed E-state index contributed by atoms with van der Waals surface area (Å²) >= 11 is 0. The molecule has 0 aliphatic rings. The van der Waals surface area contributed by atoms with E-state index in [0.29, 0.717) is 5.65 Å². The molecule has 49 heavy (non-hydrogen) atoms. The van der Waals surface area contributed by atoms with Gasteiger partial charge in [0, 0.05) is 43.6 Å². The van der Waals surface area contributed by atoms with E-state index >= 15 is 0 Å². The predicted octanol–water partition coefficient (Wildman–Crippen LogP) is 10.2. The van der Waals surface area contributed by atoms with Gasteiger partial charge in [-0.05, 0) is 47.0 Å². The van der Waals surface area contributed by atoms with Crippen molar-refractivity contribution in [2.24, 2.45) is 0 Å². The first-order chi connectivity index (χ1) is 23.1. The van der Waals surface area contributed by atoms with E-state index in [2.05, 4.69) is 117 Å². The van der Waals surface area contributed by atoms with Crippen LogP contribution in [0.15, 0.2) is 126 Å².